The van der Waals surface area contributed by atoms with Crippen molar-refractivity contribution in [1.82, 2.24) is 0 Å². The summed E-state index contributed by atoms with van der Waals surface area (Å²) in [6, 6.07) is 7.71. The largest absolute Gasteiger partial charge is 0.478 e. The maximum Gasteiger partial charge on any atom is 0.328 e. The molecule has 1 N–H and O–H groups in total. The Kier molecular flexibility index (Phi) is 8.40. The third-order valence-electron chi connectivity index (χ3n) is 3.11. The van der Waals surface area contributed by atoms with Gasteiger partial charge in [0.25, 0.3) is 0 Å². The standard InChI is InChI=1S/C17H24O3/c1-2-3-4-5-8-13-20-14-16-10-7-6-9-15(16)11-12-17(18)19/h6-7,9-12H,2-5,8,13-14H2,1H3,(H,18,19). The first-order valence-electron chi connectivity index (χ1n) is 7.30. The maximum absolute atomic E-state index is 10.6. The minimum Gasteiger partial charge on any atom is -0.478 e. The number of benzene rings is 1. The molecule has 110 valence electrons. The molecule has 20 heavy (non-hydrogen) atoms. The monoisotopic (exact) mass is 276 g/mol. The van der Waals surface area contributed by atoms with E-state index in [4.69, 9.17) is 9.84 Å². The lowest BCUT2D eigenvalue weighted by molar-refractivity contribution is -0.131. The minimum atomic E-state index is -0.934. The smallest absolute Gasteiger partial charge is 0.328 e. The highest BCUT2D eigenvalue weighted by Crippen LogP contribution is 2.12. The zero-order chi connectivity index (χ0) is 14.6. The molecule has 3 heteroatoms. The second-order valence-electron chi connectivity index (χ2n) is 4.84. The first kappa shape index (κ1) is 16.4. The van der Waals surface area contributed by atoms with Crippen LogP contribution in [0.25, 0.3) is 6.08 Å². The first-order valence-corrected chi connectivity index (χ1v) is 7.30. The average molecular weight is 276 g/mol. The number of rotatable bonds is 10. The number of ether oxygens (including phenoxy) is 1. The number of hydrogen-bond donors (Lipinski definition) is 1. The van der Waals surface area contributed by atoms with Crippen LogP contribution >= 0.6 is 0 Å². The van der Waals surface area contributed by atoms with Gasteiger partial charge in [0.2, 0.25) is 0 Å². The van der Waals surface area contributed by atoms with Crippen LogP contribution < -0.4 is 0 Å². The molecule has 0 saturated heterocycles. The molecule has 0 unspecified atom stereocenters. The SMILES string of the molecule is CCCCCCCOCc1ccccc1C=CC(=O)O. The van der Waals surface area contributed by atoms with Crippen molar-refractivity contribution in [3.05, 3.63) is 41.5 Å². The number of carboxylic acid groups (broad SMARTS) is 1. The molecule has 0 aliphatic heterocycles. The van der Waals surface area contributed by atoms with Gasteiger partial charge < -0.3 is 9.84 Å². The summed E-state index contributed by atoms with van der Waals surface area (Å²) in [6.07, 6.45) is 8.90. The molecule has 3 nitrogen and oxygen atoms in total. The Balaban J connectivity index is 2.34. The van der Waals surface area contributed by atoms with Gasteiger partial charge in [-0.15, -0.1) is 0 Å². The van der Waals surface area contributed by atoms with E-state index in [1.807, 2.05) is 24.3 Å². The second kappa shape index (κ2) is 10.2. The minimum absolute atomic E-state index is 0.536. The topological polar surface area (TPSA) is 46.5 Å². The maximum atomic E-state index is 10.6. The Bertz CT molecular complexity index is 424. The molecule has 0 atom stereocenters. The van der Waals surface area contributed by atoms with E-state index in [-0.39, 0.29) is 0 Å². The Morgan fingerprint density at radius 1 is 1.20 bits per heavy atom. The van der Waals surface area contributed by atoms with Crippen LogP contribution in [0.1, 0.15) is 50.2 Å². The van der Waals surface area contributed by atoms with Crippen LogP contribution in [0.2, 0.25) is 0 Å². The molecule has 0 aromatic heterocycles. The lowest BCUT2D eigenvalue weighted by atomic mass is 10.1. The summed E-state index contributed by atoms with van der Waals surface area (Å²) in [5.74, 6) is -0.934. The van der Waals surface area contributed by atoms with Crippen molar-refractivity contribution >= 4 is 12.0 Å². The van der Waals surface area contributed by atoms with E-state index >= 15 is 0 Å². The number of carboxylic acids is 1. The molecule has 0 saturated carbocycles. The molecule has 0 radical (unpaired) electrons. The van der Waals surface area contributed by atoms with Gasteiger partial charge in [-0.05, 0) is 23.6 Å². The normalized spacial score (nSPS) is 11.1. The van der Waals surface area contributed by atoms with Crippen molar-refractivity contribution in [2.45, 2.75) is 45.6 Å². The van der Waals surface area contributed by atoms with Crippen LogP contribution in [0, 0.1) is 0 Å². The van der Waals surface area contributed by atoms with Crippen LogP contribution in [-0.2, 0) is 16.1 Å². The summed E-state index contributed by atoms with van der Waals surface area (Å²) in [4.78, 5) is 10.6. The van der Waals surface area contributed by atoms with Crippen molar-refractivity contribution in [2.24, 2.45) is 0 Å². The van der Waals surface area contributed by atoms with Crippen LogP contribution in [0.15, 0.2) is 30.3 Å². The van der Waals surface area contributed by atoms with Gasteiger partial charge in [-0.2, -0.15) is 0 Å². The Labute approximate surface area is 121 Å². The summed E-state index contributed by atoms with van der Waals surface area (Å²) in [7, 11) is 0. The molecule has 0 bridgehead atoms. The van der Waals surface area contributed by atoms with Gasteiger partial charge >= 0.3 is 5.97 Å². The molecule has 0 heterocycles. The summed E-state index contributed by atoms with van der Waals surface area (Å²) in [5, 5.41) is 8.66. The molecule has 0 spiro atoms. The summed E-state index contributed by atoms with van der Waals surface area (Å²) in [6.45, 7) is 3.51. The molecule has 1 rings (SSSR count). The van der Waals surface area contributed by atoms with Crippen molar-refractivity contribution < 1.29 is 14.6 Å². The van der Waals surface area contributed by atoms with E-state index in [0.717, 1.165) is 30.2 Å². The van der Waals surface area contributed by atoms with Crippen molar-refractivity contribution in [1.29, 1.82) is 0 Å². The first-order chi connectivity index (χ1) is 9.74. The molecule has 1 aromatic carbocycles. The fourth-order valence-corrected chi connectivity index (χ4v) is 1.98. The molecule has 0 fully saturated rings. The van der Waals surface area contributed by atoms with E-state index in [0.29, 0.717) is 6.61 Å². The fourth-order valence-electron chi connectivity index (χ4n) is 1.98. The van der Waals surface area contributed by atoms with Crippen molar-refractivity contribution in [3.63, 3.8) is 0 Å². The highest BCUT2D eigenvalue weighted by molar-refractivity contribution is 5.85. The second-order valence-corrected chi connectivity index (χ2v) is 4.84. The van der Waals surface area contributed by atoms with Gasteiger partial charge in [-0.25, -0.2) is 4.79 Å². The third kappa shape index (κ3) is 7.10. The quantitative estimate of drug-likeness (QED) is 0.512. The number of hydrogen-bond acceptors (Lipinski definition) is 2. The van der Waals surface area contributed by atoms with Gasteiger partial charge in [-0.3, -0.25) is 0 Å². The molecule has 0 aliphatic carbocycles. The predicted octanol–water partition coefficient (Wildman–Crippen LogP) is 4.27. The van der Waals surface area contributed by atoms with Crippen LogP contribution in [-0.4, -0.2) is 17.7 Å². The van der Waals surface area contributed by atoms with Crippen LogP contribution in [0.4, 0.5) is 0 Å². The van der Waals surface area contributed by atoms with Gasteiger partial charge in [0, 0.05) is 12.7 Å². The van der Waals surface area contributed by atoms with Crippen LogP contribution in [0.5, 0.6) is 0 Å². The van der Waals surface area contributed by atoms with E-state index in [9.17, 15) is 4.79 Å². The van der Waals surface area contributed by atoms with E-state index < -0.39 is 5.97 Å². The van der Waals surface area contributed by atoms with Crippen LogP contribution in [0.3, 0.4) is 0 Å². The number of carbonyl (C=O) groups is 1. The number of unbranched alkanes of at least 4 members (excludes halogenated alkanes) is 4. The van der Waals surface area contributed by atoms with Gasteiger partial charge in [-0.1, -0.05) is 56.9 Å². The summed E-state index contributed by atoms with van der Waals surface area (Å²) >= 11 is 0. The van der Waals surface area contributed by atoms with Crippen molar-refractivity contribution in [3.8, 4) is 0 Å². The highest BCUT2D eigenvalue weighted by atomic mass is 16.5. The van der Waals surface area contributed by atoms with E-state index in [1.54, 1.807) is 6.08 Å². The van der Waals surface area contributed by atoms with E-state index in [1.165, 1.54) is 25.7 Å². The van der Waals surface area contributed by atoms with E-state index in [2.05, 4.69) is 6.92 Å². The molecular weight excluding hydrogens is 252 g/mol. The molecule has 0 aliphatic rings. The molecular formula is C17H24O3. The zero-order valence-corrected chi connectivity index (χ0v) is 12.2. The van der Waals surface area contributed by atoms with Crippen molar-refractivity contribution in [2.75, 3.05) is 6.61 Å². The summed E-state index contributed by atoms with van der Waals surface area (Å²) < 4.78 is 5.67. The van der Waals surface area contributed by atoms with Gasteiger partial charge in [0.05, 0.1) is 6.61 Å². The lowest BCUT2D eigenvalue weighted by Gasteiger charge is -2.07. The fraction of sp³-hybridized carbons (Fsp3) is 0.471. The molecule has 1 aromatic rings. The van der Waals surface area contributed by atoms with Gasteiger partial charge in [0.1, 0.15) is 0 Å². The molecule has 0 amide bonds. The Morgan fingerprint density at radius 3 is 2.70 bits per heavy atom. The average Bonchev–Trinajstić information content (AvgIpc) is 2.45. The third-order valence-corrected chi connectivity index (χ3v) is 3.11. The van der Waals surface area contributed by atoms with Gasteiger partial charge in [0.15, 0.2) is 0 Å². The Hall–Kier alpha value is -1.61. The highest BCUT2D eigenvalue weighted by Gasteiger charge is 1.99. The predicted molar refractivity (Wildman–Crippen MR) is 81.5 cm³/mol. The zero-order valence-electron chi connectivity index (χ0n) is 12.2. The number of aliphatic carboxylic acids is 1. The Morgan fingerprint density at radius 2 is 1.95 bits per heavy atom. The lowest BCUT2D eigenvalue weighted by Crippen LogP contribution is -1.98. The summed E-state index contributed by atoms with van der Waals surface area (Å²) in [5.41, 5.74) is 1.93.